The van der Waals surface area contributed by atoms with E-state index in [1.807, 2.05) is 54.6 Å². The van der Waals surface area contributed by atoms with E-state index in [4.69, 9.17) is 4.42 Å². The van der Waals surface area contributed by atoms with Crippen molar-refractivity contribution in [2.75, 3.05) is 0 Å². The number of nitrogens with zero attached hydrogens (tertiary/aromatic N) is 1. The van der Waals surface area contributed by atoms with E-state index in [0.717, 1.165) is 82.2 Å². The van der Waals surface area contributed by atoms with Crippen LogP contribution in [0.4, 0.5) is 0 Å². The fraction of sp³-hybridized carbons (Fsp3) is 0. The minimum Gasteiger partial charge on any atom is -0.456 e. The Kier molecular flexibility index (Phi) is 5.27. The molecule has 10 rings (SSSR count). The number of aromatic nitrogens is 1. The Morgan fingerprint density at radius 2 is 1.17 bits per heavy atom. The monoisotopic (exact) mass is 607 g/mol. The number of fused-ring (bicyclic) bond motifs is 10. The number of hydrogen-bond acceptors (Lipinski definition) is 2. The van der Waals surface area contributed by atoms with Crippen LogP contribution in [0, 0.1) is 0 Å². The zero-order valence-electron chi connectivity index (χ0n) is 24.7. The lowest BCUT2D eigenvalue weighted by Gasteiger charge is -2.16. The van der Waals surface area contributed by atoms with E-state index in [9.17, 15) is 0 Å². The van der Waals surface area contributed by atoms with Crippen LogP contribution in [0.1, 0.15) is 0 Å². The van der Waals surface area contributed by atoms with Crippen molar-refractivity contribution in [3.05, 3.63) is 158 Å². The zero-order chi connectivity index (χ0) is 30.4. The molecule has 2 aromatic heterocycles. The van der Waals surface area contributed by atoms with Crippen molar-refractivity contribution in [1.82, 2.24) is 4.57 Å². The highest BCUT2D eigenvalue weighted by molar-refractivity contribution is 7.86. The van der Waals surface area contributed by atoms with Crippen LogP contribution < -0.4 is 15.9 Å². The molecular weight excluding hydrogens is 581 g/mol. The fourth-order valence-electron chi connectivity index (χ4n) is 7.56. The Hall–Kier alpha value is -5.63. The molecule has 0 aliphatic carbocycles. The Balaban J connectivity index is 1.20. The summed E-state index contributed by atoms with van der Waals surface area (Å²) in [6.45, 7) is 0. The van der Waals surface area contributed by atoms with Gasteiger partial charge in [0, 0.05) is 48.7 Å². The Morgan fingerprint density at radius 1 is 0.500 bits per heavy atom. The van der Waals surface area contributed by atoms with Crippen molar-refractivity contribution >= 4 is 66.8 Å². The van der Waals surface area contributed by atoms with Crippen LogP contribution in [-0.4, -0.2) is 4.57 Å². The smallest absolute Gasteiger partial charge is 0.172 e. The third-order valence-corrected chi connectivity index (χ3v) is 12.8. The lowest BCUT2D eigenvalue weighted by molar-refractivity contribution is 0.593. The molecule has 9 aromatic rings. The molecule has 0 N–H and O–H groups in total. The van der Waals surface area contributed by atoms with Crippen molar-refractivity contribution < 1.29 is 8.98 Å². The molecule has 1 aliphatic heterocycles. The second kappa shape index (κ2) is 9.44. The highest BCUT2D eigenvalue weighted by atomic mass is 31.2. The molecule has 46 heavy (non-hydrogen) atoms. The predicted molar refractivity (Wildman–Crippen MR) is 192 cm³/mol. The molecule has 0 saturated carbocycles. The number of furan rings is 1. The normalized spacial score (nSPS) is 15.6. The van der Waals surface area contributed by atoms with E-state index < -0.39 is 7.14 Å². The van der Waals surface area contributed by atoms with Crippen LogP contribution in [0.3, 0.4) is 0 Å². The van der Waals surface area contributed by atoms with Gasteiger partial charge >= 0.3 is 0 Å². The standard InChI is InChI=1S/C42H26NO2P/c44-46(30-10-2-1-3-11-30)39-17-9-6-14-35(39)41-40(46)25-24-34-31-12-4-7-15-36(31)43(42(34)41)29-21-18-27(19-22-29)28-20-23-33-32-13-5-8-16-37(32)45-38(33)26-28/h1-26H/t46-/m0/s1. The zero-order valence-corrected chi connectivity index (χ0v) is 25.6. The quantitative estimate of drug-likeness (QED) is 0.187. The Bertz CT molecular complexity index is 2720. The summed E-state index contributed by atoms with van der Waals surface area (Å²) in [5.41, 5.74) is 9.43. The van der Waals surface area contributed by atoms with Crippen LogP contribution in [0.5, 0.6) is 0 Å². The van der Waals surface area contributed by atoms with Crippen LogP contribution in [-0.2, 0) is 4.57 Å². The number of benzene rings is 7. The lowest BCUT2D eigenvalue weighted by Crippen LogP contribution is -2.20. The van der Waals surface area contributed by atoms with Crippen molar-refractivity contribution in [3.8, 4) is 27.9 Å². The van der Waals surface area contributed by atoms with Gasteiger partial charge in [-0.25, -0.2) is 0 Å². The van der Waals surface area contributed by atoms with Crippen molar-refractivity contribution in [1.29, 1.82) is 0 Å². The predicted octanol–water partition coefficient (Wildman–Crippen LogP) is 9.97. The minimum absolute atomic E-state index is 0.869. The maximum atomic E-state index is 15.3. The summed E-state index contributed by atoms with van der Waals surface area (Å²) in [7, 11) is -3.06. The first-order chi connectivity index (χ1) is 22.7. The largest absolute Gasteiger partial charge is 0.456 e. The topological polar surface area (TPSA) is 35.1 Å². The van der Waals surface area contributed by atoms with E-state index in [1.165, 1.54) is 5.39 Å². The average molecular weight is 608 g/mol. The van der Waals surface area contributed by atoms with Gasteiger partial charge in [-0.05, 0) is 59.2 Å². The van der Waals surface area contributed by atoms with Gasteiger partial charge in [-0.15, -0.1) is 0 Å². The molecular formula is C42H26NO2P. The minimum atomic E-state index is -3.06. The van der Waals surface area contributed by atoms with E-state index in [1.54, 1.807) is 0 Å². The molecule has 3 nitrogen and oxygen atoms in total. The van der Waals surface area contributed by atoms with Gasteiger partial charge in [0.2, 0.25) is 0 Å². The maximum Gasteiger partial charge on any atom is 0.172 e. The Morgan fingerprint density at radius 3 is 2.04 bits per heavy atom. The molecule has 4 heteroatoms. The second-order valence-corrected chi connectivity index (χ2v) is 14.7. The van der Waals surface area contributed by atoms with Crippen LogP contribution >= 0.6 is 7.14 Å². The highest BCUT2D eigenvalue weighted by Crippen LogP contribution is 2.54. The van der Waals surface area contributed by atoms with Gasteiger partial charge in [0.15, 0.2) is 7.14 Å². The molecule has 1 atom stereocenters. The van der Waals surface area contributed by atoms with Crippen LogP contribution in [0.2, 0.25) is 0 Å². The average Bonchev–Trinajstić information content (AvgIpc) is 3.75. The first kappa shape index (κ1) is 25.7. The molecule has 0 saturated heterocycles. The molecule has 0 bridgehead atoms. The van der Waals surface area contributed by atoms with E-state index >= 15 is 4.57 Å². The van der Waals surface area contributed by atoms with Gasteiger partial charge in [-0.2, -0.15) is 0 Å². The van der Waals surface area contributed by atoms with Crippen molar-refractivity contribution in [2.45, 2.75) is 0 Å². The molecule has 0 unspecified atom stereocenters. The van der Waals surface area contributed by atoms with Gasteiger partial charge in [-0.3, -0.25) is 0 Å². The van der Waals surface area contributed by atoms with E-state index in [2.05, 4.69) is 108 Å². The fourth-order valence-corrected chi connectivity index (χ4v) is 10.6. The Labute approximate surface area is 265 Å². The summed E-state index contributed by atoms with van der Waals surface area (Å²) in [6, 6.07) is 54.5. The van der Waals surface area contributed by atoms with Gasteiger partial charge in [0.25, 0.3) is 0 Å². The SMILES string of the molecule is O=[P@@]1(c2ccccc2)c2ccccc2-c2c1ccc1c3ccccc3n(-c3ccc(-c4ccc5c(c4)oc4ccccc45)cc3)c21. The van der Waals surface area contributed by atoms with Crippen molar-refractivity contribution in [2.24, 2.45) is 0 Å². The molecule has 7 aromatic carbocycles. The third-order valence-electron chi connectivity index (χ3n) is 9.62. The first-order valence-electron chi connectivity index (χ1n) is 15.5. The highest BCUT2D eigenvalue weighted by Gasteiger charge is 2.41. The lowest BCUT2D eigenvalue weighted by atomic mass is 10.0. The molecule has 0 fully saturated rings. The molecule has 216 valence electrons. The summed E-state index contributed by atoms with van der Waals surface area (Å²) in [5.74, 6) is 0. The number of para-hydroxylation sites is 2. The molecule has 0 radical (unpaired) electrons. The summed E-state index contributed by atoms with van der Waals surface area (Å²) in [5, 5.41) is 7.29. The maximum absolute atomic E-state index is 15.3. The van der Waals surface area contributed by atoms with E-state index in [-0.39, 0.29) is 0 Å². The second-order valence-electron chi connectivity index (χ2n) is 12.0. The summed E-state index contributed by atoms with van der Waals surface area (Å²) in [4.78, 5) is 0. The summed E-state index contributed by atoms with van der Waals surface area (Å²) in [6.07, 6.45) is 0. The number of rotatable bonds is 3. The number of hydrogen-bond donors (Lipinski definition) is 0. The molecule has 3 heterocycles. The summed E-state index contributed by atoms with van der Waals surface area (Å²) >= 11 is 0. The molecule has 1 aliphatic rings. The summed E-state index contributed by atoms with van der Waals surface area (Å²) < 4.78 is 23.8. The van der Waals surface area contributed by atoms with Gasteiger partial charge < -0.3 is 13.5 Å². The van der Waals surface area contributed by atoms with Gasteiger partial charge in [-0.1, -0.05) is 115 Å². The van der Waals surface area contributed by atoms with Crippen LogP contribution in [0.25, 0.3) is 71.7 Å². The van der Waals surface area contributed by atoms with E-state index in [0.29, 0.717) is 0 Å². The first-order valence-corrected chi connectivity index (χ1v) is 17.3. The van der Waals surface area contributed by atoms with Gasteiger partial charge in [0.1, 0.15) is 11.2 Å². The third kappa shape index (κ3) is 3.41. The van der Waals surface area contributed by atoms with Crippen molar-refractivity contribution in [3.63, 3.8) is 0 Å². The molecule has 0 amide bonds. The van der Waals surface area contributed by atoms with Crippen LogP contribution in [0.15, 0.2) is 162 Å². The van der Waals surface area contributed by atoms with Gasteiger partial charge in [0.05, 0.1) is 11.0 Å². The molecule has 0 spiro atoms.